The minimum atomic E-state index is -0.874. The van der Waals surface area contributed by atoms with Crippen LogP contribution in [0.1, 0.15) is 17.3 Å². The lowest BCUT2D eigenvalue weighted by molar-refractivity contribution is -0.123. The number of benzene rings is 2. The van der Waals surface area contributed by atoms with E-state index in [0.717, 1.165) is 4.47 Å². The van der Waals surface area contributed by atoms with Gasteiger partial charge in [-0.2, -0.15) is 0 Å². The number of amides is 1. The van der Waals surface area contributed by atoms with E-state index >= 15 is 0 Å². The second kappa shape index (κ2) is 7.04. The number of para-hydroxylation sites is 1. The molecule has 1 amide bonds. The first kappa shape index (κ1) is 15.3. The average molecular weight is 348 g/mol. The zero-order chi connectivity index (χ0) is 15.2. The van der Waals surface area contributed by atoms with Crippen LogP contribution in [0.3, 0.4) is 0 Å². The zero-order valence-electron chi connectivity index (χ0n) is 11.4. The molecule has 0 fully saturated rings. The highest BCUT2D eigenvalue weighted by Crippen LogP contribution is 2.12. The Morgan fingerprint density at radius 2 is 1.67 bits per heavy atom. The minimum Gasteiger partial charge on any atom is -0.449 e. The Balaban J connectivity index is 1.94. The monoisotopic (exact) mass is 347 g/mol. The Morgan fingerprint density at radius 1 is 1.05 bits per heavy atom. The Labute approximate surface area is 131 Å². The number of rotatable bonds is 4. The van der Waals surface area contributed by atoms with E-state index in [1.54, 1.807) is 36.4 Å². The molecule has 0 aromatic heterocycles. The SMILES string of the molecule is CC(OC(=O)c1ccc(Br)cc1)C(=O)Nc1ccccc1. The van der Waals surface area contributed by atoms with Crippen LogP contribution < -0.4 is 5.32 Å². The van der Waals surface area contributed by atoms with E-state index in [0.29, 0.717) is 11.3 Å². The number of carbonyl (C=O) groups excluding carboxylic acids is 2. The predicted molar refractivity (Wildman–Crippen MR) is 84.1 cm³/mol. The minimum absolute atomic E-state index is 0.369. The quantitative estimate of drug-likeness (QED) is 0.859. The van der Waals surface area contributed by atoms with Gasteiger partial charge in [-0.3, -0.25) is 4.79 Å². The van der Waals surface area contributed by atoms with Crippen molar-refractivity contribution in [2.45, 2.75) is 13.0 Å². The van der Waals surface area contributed by atoms with Crippen molar-refractivity contribution in [3.63, 3.8) is 0 Å². The fraction of sp³-hybridized carbons (Fsp3) is 0.125. The van der Waals surface area contributed by atoms with Crippen LogP contribution in [-0.4, -0.2) is 18.0 Å². The number of anilines is 1. The molecule has 0 spiro atoms. The molecule has 0 bridgehead atoms. The summed E-state index contributed by atoms with van der Waals surface area (Å²) in [4.78, 5) is 23.8. The van der Waals surface area contributed by atoms with Crippen LogP contribution in [-0.2, 0) is 9.53 Å². The van der Waals surface area contributed by atoms with Gasteiger partial charge in [0.1, 0.15) is 0 Å². The van der Waals surface area contributed by atoms with E-state index in [1.807, 2.05) is 18.2 Å². The highest BCUT2D eigenvalue weighted by atomic mass is 79.9. The normalized spacial score (nSPS) is 11.5. The van der Waals surface area contributed by atoms with Crippen molar-refractivity contribution >= 4 is 33.5 Å². The standard InChI is InChI=1S/C16H14BrNO3/c1-11(15(19)18-14-5-3-2-4-6-14)21-16(20)12-7-9-13(17)10-8-12/h2-11H,1H3,(H,18,19). The molecule has 2 aromatic carbocycles. The van der Waals surface area contributed by atoms with Crippen molar-refractivity contribution in [1.29, 1.82) is 0 Å². The van der Waals surface area contributed by atoms with E-state index in [4.69, 9.17) is 4.74 Å². The van der Waals surface area contributed by atoms with Crippen LogP contribution in [0.2, 0.25) is 0 Å². The molecule has 1 N–H and O–H groups in total. The number of carbonyl (C=O) groups is 2. The van der Waals surface area contributed by atoms with E-state index in [1.165, 1.54) is 6.92 Å². The molecule has 0 saturated heterocycles. The van der Waals surface area contributed by atoms with Crippen LogP contribution in [0.4, 0.5) is 5.69 Å². The predicted octanol–water partition coefficient (Wildman–Crippen LogP) is 3.63. The Morgan fingerprint density at radius 3 is 2.29 bits per heavy atom. The fourth-order valence-electron chi connectivity index (χ4n) is 1.63. The van der Waals surface area contributed by atoms with Gasteiger partial charge in [-0.1, -0.05) is 34.1 Å². The maximum Gasteiger partial charge on any atom is 0.338 e. The molecule has 1 atom stereocenters. The molecular formula is C16H14BrNO3. The maximum atomic E-state index is 11.9. The molecule has 0 heterocycles. The summed E-state index contributed by atoms with van der Waals surface area (Å²) in [5.41, 5.74) is 1.06. The summed E-state index contributed by atoms with van der Waals surface area (Å²) < 4.78 is 6.01. The van der Waals surface area contributed by atoms with Crippen LogP contribution in [0.25, 0.3) is 0 Å². The van der Waals surface area contributed by atoms with Gasteiger partial charge in [0.25, 0.3) is 5.91 Å². The number of nitrogens with one attached hydrogen (secondary N) is 1. The smallest absolute Gasteiger partial charge is 0.338 e. The summed E-state index contributed by atoms with van der Waals surface area (Å²) in [5.74, 6) is -0.898. The van der Waals surface area contributed by atoms with Crippen molar-refractivity contribution in [2.24, 2.45) is 0 Å². The largest absolute Gasteiger partial charge is 0.449 e. The summed E-state index contributed by atoms with van der Waals surface area (Å²) in [7, 11) is 0. The van der Waals surface area contributed by atoms with E-state index in [2.05, 4.69) is 21.2 Å². The molecule has 0 aliphatic heterocycles. The van der Waals surface area contributed by atoms with Gasteiger partial charge in [-0.05, 0) is 43.3 Å². The molecule has 5 heteroatoms. The molecular weight excluding hydrogens is 334 g/mol. The highest BCUT2D eigenvalue weighted by Gasteiger charge is 2.18. The average Bonchev–Trinajstić information content (AvgIpc) is 2.48. The maximum absolute atomic E-state index is 11.9. The Bertz CT molecular complexity index is 626. The third-order valence-corrected chi connectivity index (χ3v) is 3.30. The summed E-state index contributed by atoms with van der Waals surface area (Å²) in [6, 6.07) is 15.8. The Hall–Kier alpha value is -2.14. The van der Waals surface area contributed by atoms with Crippen LogP contribution in [0.15, 0.2) is 59.1 Å². The molecule has 2 rings (SSSR count). The second-order valence-corrected chi connectivity index (χ2v) is 5.33. The Kier molecular flexibility index (Phi) is 5.11. The van der Waals surface area contributed by atoms with Crippen molar-refractivity contribution in [2.75, 3.05) is 5.32 Å². The van der Waals surface area contributed by atoms with Gasteiger partial charge in [-0.15, -0.1) is 0 Å². The topological polar surface area (TPSA) is 55.4 Å². The van der Waals surface area contributed by atoms with Crippen molar-refractivity contribution in [3.05, 3.63) is 64.6 Å². The fourth-order valence-corrected chi connectivity index (χ4v) is 1.90. The first-order chi connectivity index (χ1) is 10.1. The first-order valence-corrected chi connectivity index (χ1v) is 7.18. The molecule has 0 radical (unpaired) electrons. The number of ether oxygens (including phenoxy) is 1. The van der Waals surface area contributed by atoms with Crippen LogP contribution >= 0.6 is 15.9 Å². The van der Waals surface area contributed by atoms with Crippen LogP contribution in [0.5, 0.6) is 0 Å². The number of hydrogen-bond acceptors (Lipinski definition) is 3. The van der Waals surface area contributed by atoms with Crippen molar-refractivity contribution in [3.8, 4) is 0 Å². The van der Waals surface area contributed by atoms with Gasteiger partial charge in [0.15, 0.2) is 6.10 Å². The molecule has 108 valence electrons. The summed E-state index contributed by atoms with van der Waals surface area (Å²) in [5, 5.41) is 2.68. The molecule has 0 aliphatic rings. The molecule has 4 nitrogen and oxygen atoms in total. The molecule has 2 aromatic rings. The van der Waals surface area contributed by atoms with Gasteiger partial charge in [0.05, 0.1) is 5.56 Å². The number of hydrogen-bond donors (Lipinski definition) is 1. The van der Waals surface area contributed by atoms with Crippen molar-refractivity contribution < 1.29 is 14.3 Å². The van der Waals surface area contributed by atoms with Gasteiger partial charge >= 0.3 is 5.97 Å². The lowest BCUT2D eigenvalue weighted by atomic mass is 10.2. The molecule has 21 heavy (non-hydrogen) atoms. The molecule has 0 saturated carbocycles. The van der Waals surface area contributed by atoms with Gasteiger partial charge in [0.2, 0.25) is 0 Å². The molecule has 0 aliphatic carbocycles. The summed E-state index contributed by atoms with van der Waals surface area (Å²) >= 11 is 3.29. The van der Waals surface area contributed by atoms with E-state index in [9.17, 15) is 9.59 Å². The summed E-state index contributed by atoms with van der Waals surface area (Å²) in [6.07, 6.45) is -0.874. The molecule has 1 unspecified atom stereocenters. The van der Waals surface area contributed by atoms with E-state index in [-0.39, 0.29) is 5.91 Å². The highest BCUT2D eigenvalue weighted by molar-refractivity contribution is 9.10. The number of esters is 1. The third-order valence-electron chi connectivity index (χ3n) is 2.77. The third kappa shape index (κ3) is 4.43. The first-order valence-electron chi connectivity index (χ1n) is 6.39. The lowest BCUT2D eigenvalue weighted by Crippen LogP contribution is -2.29. The number of halogens is 1. The van der Waals surface area contributed by atoms with Crippen molar-refractivity contribution in [1.82, 2.24) is 0 Å². The van der Waals surface area contributed by atoms with Gasteiger partial charge in [0, 0.05) is 10.2 Å². The van der Waals surface area contributed by atoms with Gasteiger partial charge < -0.3 is 10.1 Å². The van der Waals surface area contributed by atoms with E-state index < -0.39 is 12.1 Å². The van der Waals surface area contributed by atoms with Gasteiger partial charge in [-0.25, -0.2) is 4.79 Å². The van der Waals surface area contributed by atoms with Crippen LogP contribution in [0, 0.1) is 0 Å². The summed E-state index contributed by atoms with van der Waals surface area (Å²) in [6.45, 7) is 1.54. The second-order valence-electron chi connectivity index (χ2n) is 4.41. The zero-order valence-corrected chi connectivity index (χ0v) is 13.0. The lowest BCUT2D eigenvalue weighted by Gasteiger charge is -2.13.